The minimum Gasteiger partial charge on any atom is -0.372 e. The van der Waals surface area contributed by atoms with Gasteiger partial charge in [-0.1, -0.05) is 12.1 Å². The molecule has 5 nitrogen and oxygen atoms in total. The van der Waals surface area contributed by atoms with Crippen LogP contribution in [0.25, 0.3) is 0 Å². The maximum Gasteiger partial charge on any atom is 0.239 e. The topological polar surface area (TPSA) is 36.0 Å². The van der Waals surface area contributed by atoms with Gasteiger partial charge in [-0.15, -0.1) is 0 Å². The van der Waals surface area contributed by atoms with Crippen molar-refractivity contribution in [2.24, 2.45) is 0 Å². The number of rotatable bonds is 3. The zero-order valence-electron chi connectivity index (χ0n) is 16.9. The lowest BCUT2D eigenvalue weighted by Gasteiger charge is -2.42. The number of benzene rings is 1. The fourth-order valence-electron chi connectivity index (χ4n) is 4.21. The van der Waals surface area contributed by atoms with Crippen molar-refractivity contribution < 1.29 is 9.53 Å². The van der Waals surface area contributed by atoms with Crippen molar-refractivity contribution in [2.75, 3.05) is 44.2 Å². The van der Waals surface area contributed by atoms with Gasteiger partial charge in [-0.25, -0.2) is 0 Å². The molecule has 0 radical (unpaired) electrons. The third-order valence-electron chi connectivity index (χ3n) is 5.87. The zero-order chi connectivity index (χ0) is 18.8. The van der Waals surface area contributed by atoms with Crippen LogP contribution >= 0.6 is 0 Å². The number of ether oxygens (including phenoxy) is 1. The van der Waals surface area contributed by atoms with E-state index < -0.39 is 0 Å². The first-order valence-corrected chi connectivity index (χ1v) is 9.86. The molecule has 0 N–H and O–H groups in total. The SMILES string of the molecule is Cc1cccc(N2CCN([C@H](C)C(=O)N3C[C@@H](C)O[C@@H](C)C3)CC2)c1C. The zero-order valence-corrected chi connectivity index (χ0v) is 16.9. The molecule has 1 amide bonds. The molecular formula is C21H33N3O2. The molecule has 2 fully saturated rings. The molecule has 0 aliphatic carbocycles. The predicted molar refractivity (Wildman–Crippen MR) is 106 cm³/mol. The summed E-state index contributed by atoms with van der Waals surface area (Å²) in [6.07, 6.45) is 0.243. The largest absolute Gasteiger partial charge is 0.372 e. The molecule has 0 unspecified atom stereocenters. The standard InChI is InChI=1S/C21H33N3O2/c1-15-7-6-8-20(18(15)4)23-11-9-22(10-12-23)19(5)21(25)24-13-16(2)26-17(3)14-24/h6-8,16-17,19H,9-14H2,1-5H3/t16-,17+,19-/m1/s1. The number of nitrogens with zero attached hydrogens (tertiary/aromatic N) is 3. The summed E-state index contributed by atoms with van der Waals surface area (Å²) in [5.74, 6) is 0.243. The number of hydrogen-bond donors (Lipinski definition) is 0. The van der Waals surface area contributed by atoms with Gasteiger partial charge in [0.1, 0.15) is 0 Å². The smallest absolute Gasteiger partial charge is 0.239 e. The number of aryl methyl sites for hydroxylation is 1. The van der Waals surface area contributed by atoms with Gasteiger partial charge in [0.05, 0.1) is 18.2 Å². The van der Waals surface area contributed by atoms with E-state index in [0.717, 1.165) is 26.2 Å². The molecule has 2 saturated heterocycles. The summed E-state index contributed by atoms with van der Waals surface area (Å²) < 4.78 is 5.76. The molecule has 5 heteroatoms. The lowest BCUT2D eigenvalue weighted by atomic mass is 10.1. The van der Waals surface area contributed by atoms with Gasteiger partial charge in [0.15, 0.2) is 0 Å². The first-order chi connectivity index (χ1) is 12.4. The lowest BCUT2D eigenvalue weighted by Crippen LogP contribution is -2.57. The number of amides is 1. The summed E-state index contributed by atoms with van der Waals surface area (Å²) in [5, 5.41) is 0. The monoisotopic (exact) mass is 359 g/mol. The summed E-state index contributed by atoms with van der Waals surface area (Å²) in [6.45, 7) is 15.7. The summed E-state index contributed by atoms with van der Waals surface area (Å²) in [6, 6.07) is 6.45. The molecule has 2 aliphatic heterocycles. The van der Waals surface area contributed by atoms with Crippen LogP contribution in [-0.2, 0) is 9.53 Å². The Hall–Kier alpha value is -1.59. The van der Waals surface area contributed by atoms with Crippen LogP contribution in [0, 0.1) is 13.8 Å². The molecule has 1 aromatic carbocycles. The van der Waals surface area contributed by atoms with Gasteiger partial charge in [0.2, 0.25) is 5.91 Å². The number of morpholine rings is 1. The average Bonchev–Trinajstić information content (AvgIpc) is 2.62. The van der Waals surface area contributed by atoms with Crippen molar-refractivity contribution in [2.45, 2.75) is 52.9 Å². The Morgan fingerprint density at radius 3 is 2.31 bits per heavy atom. The van der Waals surface area contributed by atoms with Crippen LogP contribution in [0.2, 0.25) is 0 Å². The second-order valence-electron chi connectivity index (χ2n) is 7.92. The molecule has 0 aromatic heterocycles. The van der Waals surface area contributed by atoms with E-state index in [1.807, 2.05) is 18.7 Å². The van der Waals surface area contributed by atoms with Crippen molar-refractivity contribution in [3.8, 4) is 0 Å². The van der Waals surface area contributed by atoms with Crippen LogP contribution in [0.3, 0.4) is 0 Å². The van der Waals surface area contributed by atoms with E-state index in [0.29, 0.717) is 13.1 Å². The highest BCUT2D eigenvalue weighted by Gasteiger charge is 2.32. The van der Waals surface area contributed by atoms with Crippen molar-refractivity contribution in [1.82, 2.24) is 9.80 Å². The molecule has 0 saturated carbocycles. The van der Waals surface area contributed by atoms with E-state index >= 15 is 0 Å². The van der Waals surface area contributed by atoms with Crippen LogP contribution in [-0.4, -0.2) is 73.2 Å². The quantitative estimate of drug-likeness (QED) is 0.831. The Bertz CT molecular complexity index is 630. The Morgan fingerprint density at radius 2 is 1.69 bits per heavy atom. The molecule has 3 atom stereocenters. The molecule has 2 heterocycles. The van der Waals surface area contributed by atoms with E-state index in [4.69, 9.17) is 4.74 Å². The van der Waals surface area contributed by atoms with Crippen LogP contribution in [0.5, 0.6) is 0 Å². The first-order valence-electron chi connectivity index (χ1n) is 9.86. The minimum absolute atomic E-state index is 0.0618. The Balaban J connectivity index is 1.59. The summed E-state index contributed by atoms with van der Waals surface area (Å²) in [7, 11) is 0. The second kappa shape index (κ2) is 7.97. The van der Waals surface area contributed by atoms with Crippen LogP contribution in [0.4, 0.5) is 5.69 Å². The van der Waals surface area contributed by atoms with E-state index in [9.17, 15) is 4.79 Å². The number of anilines is 1. The molecule has 0 bridgehead atoms. The molecule has 2 aliphatic rings. The van der Waals surface area contributed by atoms with Crippen molar-refractivity contribution in [3.63, 3.8) is 0 Å². The molecule has 144 valence electrons. The fourth-order valence-corrected chi connectivity index (χ4v) is 4.21. The first kappa shape index (κ1) is 19.2. The van der Waals surface area contributed by atoms with Crippen LogP contribution in [0.15, 0.2) is 18.2 Å². The van der Waals surface area contributed by atoms with Gasteiger partial charge >= 0.3 is 0 Å². The van der Waals surface area contributed by atoms with Gasteiger partial charge in [0, 0.05) is 45.0 Å². The van der Waals surface area contributed by atoms with Crippen LogP contribution in [0.1, 0.15) is 31.9 Å². The van der Waals surface area contributed by atoms with Crippen LogP contribution < -0.4 is 4.90 Å². The number of carbonyl (C=O) groups excluding carboxylic acids is 1. The third kappa shape index (κ3) is 4.04. The van der Waals surface area contributed by atoms with E-state index in [1.54, 1.807) is 0 Å². The molecule has 3 rings (SSSR count). The molecular weight excluding hydrogens is 326 g/mol. The molecule has 26 heavy (non-hydrogen) atoms. The Kier molecular flexibility index (Phi) is 5.88. The summed E-state index contributed by atoms with van der Waals surface area (Å²) in [5.41, 5.74) is 4.03. The maximum absolute atomic E-state index is 13.0. The summed E-state index contributed by atoms with van der Waals surface area (Å²) in [4.78, 5) is 19.7. The fraction of sp³-hybridized carbons (Fsp3) is 0.667. The van der Waals surface area contributed by atoms with E-state index in [2.05, 4.69) is 48.8 Å². The van der Waals surface area contributed by atoms with Gasteiger partial charge in [-0.3, -0.25) is 9.69 Å². The predicted octanol–water partition coefficient (Wildman–Crippen LogP) is 2.45. The Labute approximate surface area is 157 Å². The summed E-state index contributed by atoms with van der Waals surface area (Å²) >= 11 is 0. The van der Waals surface area contributed by atoms with Crippen molar-refractivity contribution in [1.29, 1.82) is 0 Å². The van der Waals surface area contributed by atoms with E-state index in [-0.39, 0.29) is 24.2 Å². The molecule has 1 aromatic rings. The lowest BCUT2D eigenvalue weighted by molar-refractivity contribution is -0.148. The van der Waals surface area contributed by atoms with Crippen molar-refractivity contribution in [3.05, 3.63) is 29.3 Å². The van der Waals surface area contributed by atoms with Gasteiger partial charge < -0.3 is 14.5 Å². The van der Waals surface area contributed by atoms with Gasteiger partial charge in [0.25, 0.3) is 0 Å². The van der Waals surface area contributed by atoms with Gasteiger partial charge in [-0.05, 0) is 51.8 Å². The molecule has 0 spiro atoms. The average molecular weight is 360 g/mol. The highest BCUT2D eigenvalue weighted by atomic mass is 16.5. The third-order valence-corrected chi connectivity index (χ3v) is 5.87. The highest BCUT2D eigenvalue weighted by molar-refractivity contribution is 5.81. The Morgan fingerprint density at radius 1 is 1.08 bits per heavy atom. The van der Waals surface area contributed by atoms with Gasteiger partial charge in [-0.2, -0.15) is 0 Å². The maximum atomic E-state index is 13.0. The number of carbonyl (C=O) groups is 1. The number of piperazine rings is 1. The second-order valence-corrected chi connectivity index (χ2v) is 7.92. The van der Waals surface area contributed by atoms with E-state index in [1.165, 1.54) is 16.8 Å². The van der Waals surface area contributed by atoms with Crippen molar-refractivity contribution >= 4 is 11.6 Å². The number of hydrogen-bond acceptors (Lipinski definition) is 4. The highest BCUT2D eigenvalue weighted by Crippen LogP contribution is 2.24. The minimum atomic E-state index is -0.0618. The normalized spacial score (nSPS) is 26.0.